The van der Waals surface area contributed by atoms with E-state index in [1.54, 1.807) is 0 Å². The number of hydrogen-bond donors (Lipinski definition) is 1. The first-order chi connectivity index (χ1) is 9.32. The molecule has 1 amide bonds. The van der Waals surface area contributed by atoms with Crippen molar-refractivity contribution in [1.29, 1.82) is 5.26 Å². The van der Waals surface area contributed by atoms with Gasteiger partial charge in [0.05, 0.1) is 17.2 Å². The molecule has 0 spiro atoms. The molecule has 1 atom stereocenters. The fraction of sp³-hybridized carbons (Fsp3) is 0.385. The number of halogens is 4. The average molecular weight is 286 g/mol. The molecule has 106 valence electrons. The number of amides is 1. The molecule has 3 nitrogen and oxygen atoms in total. The highest BCUT2D eigenvalue weighted by atomic mass is 19.4. The molecule has 1 unspecified atom stereocenters. The van der Waals surface area contributed by atoms with E-state index in [4.69, 9.17) is 5.26 Å². The summed E-state index contributed by atoms with van der Waals surface area (Å²) in [6.45, 7) is 0. The zero-order chi connectivity index (χ0) is 14.9. The molecule has 1 aliphatic rings. The quantitative estimate of drug-likeness (QED) is 0.869. The maximum absolute atomic E-state index is 13.5. The van der Waals surface area contributed by atoms with Gasteiger partial charge in [-0.15, -0.1) is 0 Å². The molecule has 0 radical (unpaired) electrons. The summed E-state index contributed by atoms with van der Waals surface area (Å²) in [4.78, 5) is 11.8. The monoisotopic (exact) mass is 286 g/mol. The molecular weight excluding hydrogens is 276 g/mol. The zero-order valence-corrected chi connectivity index (χ0v) is 10.2. The second-order valence-corrected chi connectivity index (χ2v) is 4.61. The van der Waals surface area contributed by atoms with Crippen molar-refractivity contribution >= 4 is 5.91 Å². The Hall–Kier alpha value is -2.10. The van der Waals surface area contributed by atoms with Gasteiger partial charge in [0.25, 0.3) is 5.91 Å². The van der Waals surface area contributed by atoms with Crippen LogP contribution in [-0.2, 0) is 6.18 Å². The van der Waals surface area contributed by atoms with Gasteiger partial charge in [0, 0.05) is 0 Å². The SMILES string of the molecule is N#CC(NC(=O)c1cc(C(F)(F)F)ccc1F)C1CC1. The third-order valence-corrected chi connectivity index (χ3v) is 3.06. The Labute approximate surface area is 112 Å². The second-order valence-electron chi connectivity index (χ2n) is 4.61. The van der Waals surface area contributed by atoms with E-state index in [0.717, 1.165) is 12.8 Å². The Morgan fingerprint density at radius 1 is 1.40 bits per heavy atom. The van der Waals surface area contributed by atoms with Crippen molar-refractivity contribution in [2.45, 2.75) is 25.1 Å². The number of hydrogen-bond acceptors (Lipinski definition) is 2. The summed E-state index contributed by atoms with van der Waals surface area (Å²) in [7, 11) is 0. The van der Waals surface area contributed by atoms with Crippen molar-refractivity contribution in [2.24, 2.45) is 5.92 Å². The Kier molecular flexibility index (Phi) is 3.66. The summed E-state index contributed by atoms with van der Waals surface area (Å²) in [5.74, 6) is -2.06. The van der Waals surface area contributed by atoms with Crippen LogP contribution in [0.4, 0.5) is 17.6 Å². The van der Waals surface area contributed by atoms with Gasteiger partial charge in [0.2, 0.25) is 0 Å². The maximum atomic E-state index is 13.5. The number of carbonyl (C=O) groups excluding carboxylic acids is 1. The number of nitrogens with one attached hydrogen (secondary N) is 1. The first-order valence-corrected chi connectivity index (χ1v) is 5.90. The van der Waals surface area contributed by atoms with Gasteiger partial charge in [-0.25, -0.2) is 4.39 Å². The molecule has 0 aromatic heterocycles. The van der Waals surface area contributed by atoms with Crippen molar-refractivity contribution < 1.29 is 22.4 Å². The molecule has 1 fully saturated rings. The van der Waals surface area contributed by atoms with Crippen LogP contribution in [0, 0.1) is 23.1 Å². The highest BCUT2D eigenvalue weighted by molar-refractivity contribution is 5.95. The number of rotatable bonds is 3. The fourth-order valence-corrected chi connectivity index (χ4v) is 1.78. The molecule has 0 saturated heterocycles. The lowest BCUT2D eigenvalue weighted by atomic mass is 10.1. The second kappa shape index (κ2) is 5.12. The van der Waals surface area contributed by atoms with E-state index < -0.39 is 35.1 Å². The Balaban J connectivity index is 2.22. The van der Waals surface area contributed by atoms with Crippen molar-refractivity contribution in [3.8, 4) is 6.07 Å². The van der Waals surface area contributed by atoms with Crippen LogP contribution in [0.25, 0.3) is 0 Å². The summed E-state index contributed by atoms with van der Waals surface area (Å²) >= 11 is 0. The summed E-state index contributed by atoms with van der Waals surface area (Å²) in [5.41, 5.74) is -1.82. The molecule has 1 N–H and O–H groups in total. The van der Waals surface area contributed by atoms with Crippen LogP contribution in [-0.4, -0.2) is 11.9 Å². The molecule has 1 aromatic carbocycles. The first kappa shape index (κ1) is 14.3. The minimum atomic E-state index is -4.66. The number of alkyl halides is 3. The van der Waals surface area contributed by atoms with Crippen molar-refractivity contribution in [3.05, 3.63) is 35.1 Å². The van der Waals surface area contributed by atoms with Gasteiger partial charge in [-0.2, -0.15) is 18.4 Å². The van der Waals surface area contributed by atoms with Crippen LogP contribution in [0.15, 0.2) is 18.2 Å². The van der Waals surface area contributed by atoms with Crippen LogP contribution < -0.4 is 5.32 Å². The smallest absolute Gasteiger partial charge is 0.336 e. The van der Waals surface area contributed by atoms with Gasteiger partial charge in [0.1, 0.15) is 11.9 Å². The standard InChI is InChI=1S/C13H10F4N2O/c14-10-4-3-8(13(15,16)17)5-9(10)12(20)19-11(6-18)7-1-2-7/h3-5,7,11H,1-2H2,(H,19,20). The third kappa shape index (κ3) is 3.07. The average Bonchev–Trinajstić information content (AvgIpc) is 3.19. The van der Waals surface area contributed by atoms with Crippen LogP contribution in [0.5, 0.6) is 0 Å². The number of nitrogens with zero attached hydrogens (tertiary/aromatic N) is 1. The van der Waals surface area contributed by atoms with E-state index >= 15 is 0 Å². The van der Waals surface area contributed by atoms with Crippen molar-refractivity contribution in [1.82, 2.24) is 5.32 Å². The molecule has 20 heavy (non-hydrogen) atoms. The minimum absolute atomic E-state index is 0.00203. The van der Waals surface area contributed by atoms with Crippen molar-refractivity contribution in [3.63, 3.8) is 0 Å². The third-order valence-electron chi connectivity index (χ3n) is 3.06. The molecule has 0 heterocycles. The summed E-state index contributed by atoms with van der Waals surface area (Å²) in [5, 5.41) is 11.1. The molecule has 2 rings (SSSR count). The van der Waals surface area contributed by atoms with Gasteiger partial charge >= 0.3 is 6.18 Å². The van der Waals surface area contributed by atoms with E-state index in [1.807, 2.05) is 6.07 Å². The summed E-state index contributed by atoms with van der Waals surface area (Å²) in [6, 6.07) is 2.67. The Morgan fingerprint density at radius 2 is 2.05 bits per heavy atom. The van der Waals surface area contributed by atoms with E-state index in [-0.39, 0.29) is 5.92 Å². The van der Waals surface area contributed by atoms with E-state index in [1.165, 1.54) is 0 Å². The Bertz CT molecular complexity index is 573. The normalized spacial score (nSPS) is 16.4. The molecule has 1 aliphatic carbocycles. The molecule has 0 aliphatic heterocycles. The number of carbonyl (C=O) groups is 1. The van der Waals surface area contributed by atoms with Gasteiger partial charge < -0.3 is 5.32 Å². The largest absolute Gasteiger partial charge is 0.416 e. The first-order valence-electron chi connectivity index (χ1n) is 5.90. The van der Waals surface area contributed by atoms with Gasteiger partial charge in [-0.3, -0.25) is 4.79 Å². The predicted molar refractivity (Wildman–Crippen MR) is 61.0 cm³/mol. The van der Waals surface area contributed by atoms with Crippen LogP contribution in [0.1, 0.15) is 28.8 Å². The lowest BCUT2D eigenvalue weighted by molar-refractivity contribution is -0.137. The number of nitriles is 1. The lowest BCUT2D eigenvalue weighted by Crippen LogP contribution is -2.35. The van der Waals surface area contributed by atoms with Gasteiger partial charge in [-0.1, -0.05) is 0 Å². The van der Waals surface area contributed by atoms with Crippen LogP contribution >= 0.6 is 0 Å². The van der Waals surface area contributed by atoms with E-state index in [9.17, 15) is 22.4 Å². The van der Waals surface area contributed by atoms with E-state index in [0.29, 0.717) is 18.2 Å². The molecule has 1 saturated carbocycles. The van der Waals surface area contributed by atoms with Crippen LogP contribution in [0.3, 0.4) is 0 Å². The minimum Gasteiger partial charge on any atom is -0.336 e. The highest BCUT2D eigenvalue weighted by Gasteiger charge is 2.34. The molecule has 1 aromatic rings. The molecule has 0 bridgehead atoms. The molecular formula is C13H10F4N2O. The predicted octanol–water partition coefficient (Wildman–Crippen LogP) is 2.88. The van der Waals surface area contributed by atoms with Gasteiger partial charge in [0.15, 0.2) is 0 Å². The van der Waals surface area contributed by atoms with E-state index in [2.05, 4.69) is 5.32 Å². The zero-order valence-electron chi connectivity index (χ0n) is 10.2. The topological polar surface area (TPSA) is 52.9 Å². The Morgan fingerprint density at radius 3 is 2.55 bits per heavy atom. The summed E-state index contributed by atoms with van der Waals surface area (Å²) < 4.78 is 51.0. The van der Waals surface area contributed by atoms with Gasteiger partial charge in [-0.05, 0) is 37.0 Å². The lowest BCUT2D eigenvalue weighted by Gasteiger charge is -2.12. The number of benzene rings is 1. The van der Waals surface area contributed by atoms with Crippen LogP contribution in [0.2, 0.25) is 0 Å². The summed E-state index contributed by atoms with van der Waals surface area (Å²) in [6.07, 6.45) is -3.12. The molecule has 7 heteroatoms. The highest BCUT2D eigenvalue weighted by Crippen LogP contribution is 2.33. The van der Waals surface area contributed by atoms with Crippen molar-refractivity contribution in [2.75, 3.05) is 0 Å². The fourth-order valence-electron chi connectivity index (χ4n) is 1.78. The maximum Gasteiger partial charge on any atom is 0.416 e.